The summed E-state index contributed by atoms with van der Waals surface area (Å²) in [4.78, 5) is 25.7. The molecule has 24 heavy (non-hydrogen) atoms. The molecule has 0 unspecified atom stereocenters. The molecule has 130 valence electrons. The van der Waals surface area contributed by atoms with Crippen molar-refractivity contribution in [2.24, 2.45) is 0 Å². The summed E-state index contributed by atoms with van der Waals surface area (Å²) in [6.45, 7) is 9.10. The van der Waals surface area contributed by atoms with Crippen molar-refractivity contribution in [1.82, 2.24) is 10.2 Å². The fourth-order valence-corrected chi connectivity index (χ4v) is 2.74. The van der Waals surface area contributed by atoms with Crippen LogP contribution < -0.4 is 5.32 Å². The molecule has 2 rings (SSSR count). The molecule has 5 heteroatoms. The normalized spacial score (nSPS) is 19.5. The Hall–Kier alpha value is -2.30. The number of nitrogens with one attached hydrogen (secondary N) is 1. The van der Waals surface area contributed by atoms with Gasteiger partial charge in [-0.05, 0) is 39.2 Å². The molecule has 0 saturated carbocycles. The second-order valence-corrected chi connectivity index (χ2v) is 6.97. The van der Waals surface area contributed by atoms with E-state index in [4.69, 9.17) is 4.74 Å². The van der Waals surface area contributed by atoms with Crippen molar-refractivity contribution in [2.75, 3.05) is 6.54 Å². The standard InChI is InChI=1S/C19H26N2O3/c1-5-15-16(12-11-14-9-7-6-8-10-14)21(15)17(22)13-20-18(23)24-19(2,3)4/h5-10,15-16H,1,11-13H2,2-4H3,(H,20,23)/t15-,16+,21?/m0/s1. The first kappa shape index (κ1) is 18.0. The molecule has 1 saturated heterocycles. The Morgan fingerprint density at radius 2 is 1.96 bits per heavy atom. The summed E-state index contributed by atoms with van der Waals surface area (Å²) >= 11 is 0. The molecule has 5 nitrogen and oxygen atoms in total. The van der Waals surface area contributed by atoms with Crippen LogP contribution in [0.1, 0.15) is 32.8 Å². The molecule has 1 fully saturated rings. The number of carbonyl (C=O) groups is 2. The minimum Gasteiger partial charge on any atom is -0.444 e. The number of hydrogen-bond donors (Lipinski definition) is 1. The highest BCUT2D eigenvalue weighted by molar-refractivity contribution is 5.85. The summed E-state index contributed by atoms with van der Waals surface area (Å²) in [5.74, 6) is -0.108. The monoisotopic (exact) mass is 330 g/mol. The molecule has 1 aliphatic rings. The van der Waals surface area contributed by atoms with E-state index >= 15 is 0 Å². The number of hydrogen-bond acceptors (Lipinski definition) is 3. The van der Waals surface area contributed by atoms with Crippen LogP contribution in [0.3, 0.4) is 0 Å². The topological polar surface area (TPSA) is 58.4 Å². The number of ether oxygens (including phenoxy) is 1. The van der Waals surface area contributed by atoms with Crippen molar-refractivity contribution < 1.29 is 14.3 Å². The molecule has 1 aromatic carbocycles. The number of rotatable bonds is 6. The first-order valence-corrected chi connectivity index (χ1v) is 8.26. The maximum absolute atomic E-state index is 12.3. The Morgan fingerprint density at radius 3 is 2.54 bits per heavy atom. The van der Waals surface area contributed by atoms with Gasteiger partial charge in [0, 0.05) is 0 Å². The van der Waals surface area contributed by atoms with Crippen LogP contribution in [0.2, 0.25) is 0 Å². The van der Waals surface area contributed by atoms with Gasteiger partial charge in [0.2, 0.25) is 5.91 Å². The lowest BCUT2D eigenvalue weighted by Gasteiger charge is -2.19. The third-order valence-corrected chi connectivity index (χ3v) is 3.87. The van der Waals surface area contributed by atoms with Crippen LogP contribution in [0.15, 0.2) is 43.0 Å². The van der Waals surface area contributed by atoms with E-state index in [0.29, 0.717) is 0 Å². The van der Waals surface area contributed by atoms with Crippen LogP contribution in [0, 0.1) is 0 Å². The van der Waals surface area contributed by atoms with E-state index in [-0.39, 0.29) is 24.5 Å². The van der Waals surface area contributed by atoms with Gasteiger partial charge in [-0.15, -0.1) is 6.58 Å². The summed E-state index contributed by atoms with van der Waals surface area (Å²) < 4.78 is 5.13. The van der Waals surface area contributed by atoms with Crippen LogP contribution >= 0.6 is 0 Å². The van der Waals surface area contributed by atoms with Crippen molar-refractivity contribution in [2.45, 2.75) is 51.3 Å². The van der Waals surface area contributed by atoms with Crippen molar-refractivity contribution in [3.05, 3.63) is 48.6 Å². The van der Waals surface area contributed by atoms with Crippen molar-refractivity contribution in [1.29, 1.82) is 0 Å². The first-order chi connectivity index (χ1) is 11.3. The second kappa shape index (κ2) is 7.51. The van der Waals surface area contributed by atoms with Crippen molar-refractivity contribution in [3.63, 3.8) is 0 Å². The van der Waals surface area contributed by atoms with Crippen molar-refractivity contribution >= 4 is 12.0 Å². The minimum atomic E-state index is -0.575. The number of benzene rings is 1. The predicted molar refractivity (Wildman–Crippen MR) is 93.6 cm³/mol. The molecule has 1 aromatic rings. The third kappa shape index (κ3) is 5.11. The molecule has 0 aliphatic carbocycles. The van der Waals surface area contributed by atoms with E-state index in [0.717, 1.165) is 12.8 Å². The van der Waals surface area contributed by atoms with Gasteiger partial charge < -0.3 is 15.0 Å². The largest absolute Gasteiger partial charge is 0.444 e. The predicted octanol–water partition coefficient (Wildman–Crippen LogP) is 2.91. The quantitative estimate of drug-likeness (QED) is 0.644. The summed E-state index contributed by atoms with van der Waals surface area (Å²) in [6.07, 6.45) is 3.02. The van der Waals surface area contributed by atoms with E-state index in [9.17, 15) is 9.59 Å². The average Bonchev–Trinajstić information content (AvgIpc) is 3.23. The van der Waals surface area contributed by atoms with Gasteiger partial charge in [0.15, 0.2) is 0 Å². The Morgan fingerprint density at radius 1 is 1.29 bits per heavy atom. The maximum Gasteiger partial charge on any atom is 0.408 e. The lowest BCUT2D eigenvalue weighted by Crippen LogP contribution is -2.37. The van der Waals surface area contributed by atoms with Crippen LogP contribution in [0.5, 0.6) is 0 Å². The molecule has 0 bridgehead atoms. The number of aryl methyl sites for hydroxylation is 1. The zero-order valence-corrected chi connectivity index (χ0v) is 14.6. The first-order valence-electron chi connectivity index (χ1n) is 8.26. The molecular weight excluding hydrogens is 304 g/mol. The lowest BCUT2D eigenvalue weighted by atomic mass is 10.1. The van der Waals surface area contributed by atoms with Gasteiger partial charge in [0.1, 0.15) is 12.1 Å². The summed E-state index contributed by atoms with van der Waals surface area (Å²) in [7, 11) is 0. The smallest absolute Gasteiger partial charge is 0.408 e. The summed E-state index contributed by atoms with van der Waals surface area (Å²) in [6, 6.07) is 10.4. The Labute approximate surface area is 143 Å². The Kier molecular flexibility index (Phi) is 5.65. The van der Waals surface area contributed by atoms with Crippen LogP contribution in [-0.4, -0.2) is 41.1 Å². The number of amides is 2. The molecule has 1 N–H and O–H groups in total. The molecule has 0 aromatic heterocycles. The Balaban J connectivity index is 1.79. The zero-order chi connectivity index (χ0) is 17.7. The van der Waals surface area contributed by atoms with E-state index in [2.05, 4.69) is 24.0 Å². The fourth-order valence-electron chi connectivity index (χ4n) is 2.74. The van der Waals surface area contributed by atoms with Gasteiger partial charge >= 0.3 is 6.09 Å². The van der Waals surface area contributed by atoms with Gasteiger partial charge in [-0.2, -0.15) is 0 Å². The van der Waals surface area contributed by atoms with E-state index in [1.807, 2.05) is 18.2 Å². The number of nitrogens with zero attached hydrogens (tertiary/aromatic N) is 1. The van der Waals surface area contributed by atoms with E-state index < -0.39 is 11.7 Å². The molecule has 0 radical (unpaired) electrons. The van der Waals surface area contributed by atoms with Gasteiger partial charge in [-0.3, -0.25) is 4.79 Å². The zero-order valence-electron chi connectivity index (χ0n) is 14.6. The fraction of sp³-hybridized carbons (Fsp3) is 0.474. The summed E-state index contributed by atoms with van der Waals surface area (Å²) in [5, 5.41) is 2.51. The van der Waals surface area contributed by atoms with Crippen LogP contribution in [0.4, 0.5) is 4.79 Å². The average molecular weight is 330 g/mol. The van der Waals surface area contributed by atoms with E-state index in [1.54, 1.807) is 31.7 Å². The Bertz CT molecular complexity index is 592. The van der Waals surface area contributed by atoms with Gasteiger partial charge in [0.25, 0.3) is 0 Å². The maximum atomic E-state index is 12.3. The number of alkyl carbamates (subject to hydrolysis) is 1. The lowest BCUT2D eigenvalue weighted by molar-refractivity contribution is -0.125. The van der Waals surface area contributed by atoms with E-state index in [1.165, 1.54) is 5.56 Å². The van der Waals surface area contributed by atoms with Crippen LogP contribution in [0.25, 0.3) is 0 Å². The molecule has 1 heterocycles. The van der Waals surface area contributed by atoms with Crippen molar-refractivity contribution in [3.8, 4) is 0 Å². The van der Waals surface area contributed by atoms with Gasteiger partial charge in [-0.1, -0.05) is 36.4 Å². The second-order valence-electron chi connectivity index (χ2n) is 6.97. The summed E-state index contributed by atoms with van der Waals surface area (Å²) in [5.41, 5.74) is 0.681. The highest BCUT2D eigenvalue weighted by atomic mass is 16.6. The van der Waals surface area contributed by atoms with Crippen LogP contribution in [-0.2, 0) is 16.0 Å². The van der Waals surface area contributed by atoms with Gasteiger partial charge in [-0.25, -0.2) is 4.79 Å². The third-order valence-electron chi connectivity index (χ3n) is 3.87. The molecule has 2 atom stereocenters. The van der Waals surface area contributed by atoms with Gasteiger partial charge in [0.05, 0.1) is 12.1 Å². The molecule has 0 spiro atoms. The highest BCUT2D eigenvalue weighted by Crippen LogP contribution is 2.33. The minimum absolute atomic E-state index is 0.0545. The molecule has 2 amide bonds. The number of carbonyl (C=O) groups excluding carboxylic acids is 2. The molecular formula is C19H26N2O3. The SMILES string of the molecule is C=C[C@H]1[C@@H](CCc2ccccc2)N1C(=O)CNC(=O)OC(C)(C)C. The molecule has 1 aliphatic heterocycles. The highest BCUT2D eigenvalue weighted by Gasteiger charge is 2.47.